The minimum atomic E-state index is 0.697. The number of thioether (sulfide) groups is 1. The molecule has 118 valence electrons. The van der Waals surface area contributed by atoms with Crippen LogP contribution in [0.2, 0.25) is 0 Å². The number of rotatable bonds is 9. The molecule has 0 radical (unpaired) electrons. The van der Waals surface area contributed by atoms with Gasteiger partial charge in [-0.25, -0.2) is 0 Å². The van der Waals surface area contributed by atoms with Crippen LogP contribution in [-0.4, -0.2) is 42.6 Å². The summed E-state index contributed by atoms with van der Waals surface area (Å²) in [6.07, 6.45) is 8.94. The first-order chi connectivity index (χ1) is 10.4. The molecule has 0 aliphatic carbocycles. The summed E-state index contributed by atoms with van der Waals surface area (Å²) in [7, 11) is 0. The molecule has 21 heavy (non-hydrogen) atoms. The first-order valence-corrected chi connectivity index (χ1v) is 9.76. The van der Waals surface area contributed by atoms with Crippen molar-refractivity contribution in [3.05, 3.63) is 35.9 Å². The third kappa shape index (κ3) is 6.86. The van der Waals surface area contributed by atoms with Crippen LogP contribution in [0.4, 0.5) is 0 Å². The van der Waals surface area contributed by atoms with E-state index in [1.165, 1.54) is 63.1 Å². The van der Waals surface area contributed by atoms with Gasteiger partial charge in [-0.05, 0) is 56.3 Å². The van der Waals surface area contributed by atoms with Gasteiger partial charge in [-0.2, -0.15) is 11.8 Å². The Bertz CT molecular complexity index is 369. The minimum absolute atomic E-state index is 0.697. The second kappa shape index (κ2) is 10.3. The summed E-state index contributed by atoms with van der Waals surface area (Å²) in [4.78, 5) is 2.60. The Morgan fingerprint density at radius 1 is 1.19 bits per heavy atom. The van der Waals surface area contributed by atoms with Crippen molar-refractivity contribution in [3.8, 4) is 0 Å². The van der Waals surface area contributed by atoms with E-state index in [0.29, 0.717) is 6.04 Å². The zero-order valence-electron chi connectivity index (χ0n) is 13.4. The summed E-state index contributed by atoms with van der Waals surface area (Å²) in [6.45, 7) is 4.76. The van der Waals surface area contributed by atoms with Crippen LogP contribution in [0.1, 0.15) is 37.7 Å². The molecular formula is C18H30N2S. The molecule has 0 saturated carbocycles. The van der Waals surface area contributed by atoms with Gasteiger partial charge in [-0.3, -0.25) is 4.90 Å². The molecule has 1 heterocycles. The van der Waals surface area contributed by atoms with Crippen molar-refractivity contribution in [3.63, 3.8) is 0 Å². The number of hydrogen-bond acceptors (Lipinski definition) is 3. The van der Waals surface area contributed by atoms with Gasteiger partial charge in [0.2, 0.25) is 0 Å². The maximum Gasteiger partial charge on any atom is 0.0234 e. The van der Waals surface area contributed by atoms with E-state index in [1.807, 2.05) is 11.8 Å². The largest absolute Gasteiger partial charge is 0.313 e. The number of nitrogens with zero attached hydrogens (tertiary/aromatic N) is 1. The average Bonchev–Trinajstić information content (AvgIpc) is 2.52. The van der Waals surface area contributed by atoms with Crippen LogP contribution >= 0.6 is 11.8 Å². The van der Waals surface area contributed by atoms with Crippen molar-refractivity contribution < 1.29 is 0 Å². The maximum atomic E-state index is 3.77. The first kappa shape index (κ1) is 16.9. The molecule has 1 atom stereocenters. The van der Waals surface area contributed by atoms with Crippen molar-refractivity contribution >= 4 is 11.8 Å². The van der Waals surface area contributed by atoms with E-state index in [-0.39, 0.29) is 0 Å². The number of hydrogen-bond donors (Lipinski definition) is 1. The standard InChI is InChI=1S/C18H30N2S/c1-21-14-7-3-6-12-19-18-11-8-13-20(16-18)15-17-9-4-2-5-10-17/h2,4-5,9-10,18-19H,3,6-8,11-16H2,1H3. The van der Waals surface area contributed by atoms with E-state index in [9.17, 15) is 0 Å². The van der Waals surface area contributed by atoms with E-state index < -0.39 is 0 Å². The normalized spacial score (nSPS) is 19.8. The van der Waals surface area contributed by atoms with Crippen LogP contribution in [0.25, 0.3) is 0 Å². The third-order valence-electron chi connectivity index (χ3n) is 4.21. The lowest BCUT2D eigenvalue weighted by Crippen LogP contribution is -2.45. The number of nitrogens with one attached hydrogen (secondary N) is 1. The molecule has 0 bridgehead atoms. The van der Waals surface area contributed by atoms with Crippen molar-refractivity contribution in [1.82, 2.24) is 10.2 Å². The highest BCUT2D eigenvalue weighted by Gasteiger charge is 2.19. The highest BCUT2D eigenvalue weighted by Crippen LogP contribution is 2.14. The highest BCUT2D eigenvalue weighted by molar-refractivity contribution is 7.98. The molecular weight excluding hydrogens is 276 g/mol. The lowest BCUT2D eigenvalue weighted by molar-refractivity contribution is 0.183. The second-order valence-corrected chi connectivity index (χ2v) is 7.05. The Morgan fingerprint density at radius 2 is 2.05 bits per heavy atom. The van der Waals surface area contributed by atoms with Gasteiger partial charge in [0.15, 0.2) is 0 Å². The van der Waals surface area contributed by atoms with E-state index in [1.54, 1.807) is 0 Å². The summed E-state index contributed by atoms with van der Waals surface area (Å²) >= 11 is 1.96. The quantitative estimate of drug-likeness (QED) is 0.699. The second-order valence-electron chi connectivity index (χ2n) is 6.07. The smallest absolute Gasteiger partial charge is 0.0234 e. The summed E-state index contributed by atoms with van der Waals surface area (Å²) in [5.74, 6) is 1.31. The molecule has 3 heteroatoms. The van der Waals surface area contributed by atoms with Crippen LogP contribution in [-0.2, 0) is 6.54 Å². The van der Waals surface area contributed by atoms with Gasteiger partial charge >= 0.3 is 0 Å². The molecule has 2 rings (SSSR count). The molecule has 1 N–H and O–H groups in total. The van der Waals surface area contributed by atoms with Crippen molar-refractivity contribution in [1.29, 1.82) is 0 Å². The Labute approximate surface area is 134 Å². The number of likely N-dealkylation sites (tertiary alicyclic amines) is 1. The lowest BCUT2D eigenvalue weighted by Gasteiger charge is -2.33. The SMILES string of the molecule is CSCCCCCNC1CCCN(Cc2ccccc2)C1. The Kier molecular flexibility index (Phi) is 8.23. The van der Waals surface area contributed by atoms with Crippen LogP contribution in [0, 0.1) is 0 Å². The molecule has 1 fully saturated rings. The molecule has 1 aliphatic heterocycles. The number of piperidine rings is 1. The van der Waals surface area contributed by atoms with E-state index in [4.69, 9.17) is 0 Å². The highest BCUT2D eigenvalue weighted by atomic mass is 32.2. The van der Waals surface area contributed by atoms with Gasteiger partial charge in [0.25, 0.3) is 0 Å². The van der Waals surface area contributed by atoms with Crippen LogP contribution in [0.5, 0.6) is 0 Å². The Morgan fingerprint density at radius 3 is 2.86 bits per heavy atom. The van der Waals surface area contributed by atoms with Gasteiger partial charge in [0.1, 0.15) is 0 Å². The first-order valence-electron chi connectivity index (χ1n) is 8.37. The van der Waals surface area contributed by atoms with Crippen molar-refractivity contribution in [2.45, 2.75) is 44.7 Å². The Hall–Kier alpha value is -0.510. The van der Waals surface area contributed by atoms with Gasteiger partial charge in [0, 0.05) is 19.1 Å². The van der Waals surface area contributed by atoms with E-state index in [2.05, 4.69) is 46.8 Å². The summed E-state index contributed by atoms with van der Waals surface area (Å²) in [5, 5.41) is 3.77. The van der Waals surface area contributed by atoms with Crippen LogP contribution in [0.3, 0.4) is 0 Å². The maximum absolute atomic E-state index is 3.77. The monoisotopic (exact) mass is 306 g/mol. The van der Waals surface area contributed by atoms with Gasteiger partial charge < -0.3 is 5.32 Å². The summed E-state index contributed by atoms with van der Waals surface area (Å²) in [5.41, 5.74) is 1.44. The molecule has 1 unspecified atom stereocenters. The predicted molar refractivity (Wildman–Crippen MR) is 95.0 cm³/mol. The molecule has 0 aromatic heterocycles. The molecule has 2 nitrogen and oxygen atoms in total. The number of benzene rings is 1. The van der Waals surface area contributed by atoms with E-state index >= 15 is 0 Å². The minimum Gasteiger partial charge on any atom is -0.313 e. The summed E-state index contributed by atoms with van der Waals surface area (Å²) < 4.78 is 0. The van der Waals surface area contributed by atoms with Crippen LogP contribution < -0.4 is 5.32 Å². The summed E-state index contributed by atoms with van der Waals surface area (Å²) in [6, 6.07) is 11.6. The fourth-order valence-electron chi connectivity index (χ4n) is 3.06. The molecule has 1 aromatic rings. The molecule has 0 amide bonds. The Balaban J connectivity index is 1.62. The number of unbranched alkanes of at least 4 members (excludes halogenated alkanes) is 2. The molecule has 1 aromatic carbocycles. The van der Waals surface area contributed by atoms with Gasteiger partial charge in [0.05, 0.1) is 0 Å². The van der Waals surface area contributed by atoms with E-state index in [0.717, 1.165) is 6.54 Å². The van der Waals surface area contributed by atoms with Crippen LogP contribution in [0.15, 0.2) is 30.3 Å². The fraction of sp³-hybridized carbons (Fsp3) is 0.667. The van der Waals surface area contributed by atoms with Crippen molar-refractivity contribution in [2.75, 3.05) is 31.6 Å². The zero-order valence-corrected chi connectivity index (χ0v) is 14.2. The predicted octanol–water partition coefficient (Wildman–Crippen LogP) is 3.77. The zero-order chi connectivity index (χ0) is 14.8. The third-order valence-corrected chi connectivity index (χ3v) is 4.91. The molecule has 1 aliphatic rings. The molecule has 1 saturated heterocycles. The van der Waals surface area contributed by atoms with Gasteiger partial charge in [-0.15, -0.1) is 0 Å². The van der Waals surface area contributed by atoms with Gasteiger partial charge in [-0.1, -0.05) is 36.8 Å². The van der Waals surface area contributed by atoms with Crippen molar-refractivity contribution in [2.24, 2.45) is 0 Å². The lowest BCUT2D eigenvalue weighted by atomic mass is 10.0. The fourth-order valence-corrected chi connectivity index (χ4v) is 3.55. The molecule has 0 spiro atoms. The average molecular weight is 307 g/mol. The topological polar surface area (TPSA) is 15.3 Å².